The van der Waals surface area contributed by atoms with Gasteiger partial charge in [0.25, 0.3) is 0 Å². The number of urea groups is 1. The van der Waals surface area contributed by atoms with Crippen LogP contribution in [-0.4, -0.2) is 84.8 Å². The Bertz CT molecular complexity index is 760. The molecule has 2 fully saturated rings. The zero-order valence-electron chi connectivity index (χ0n) is 18.4. The number of para-hydroxylation sites is 1. The van der Waals surface area contributed by atoms with Gasteiger partial charge in [-0.2, -0.15) is 0 Å². The number of fused-ring (bicyclic) bond motifs is 1. The van der Waals surface area contributed by atoms with Gasteiger partial charge < -0.3 is 14.5 Å². The van der Waals surface area contributed by atoms with Crippen LogP contribution in [0.4, 0.5) is 4.79 Å². The van der Waals surface area contributed by atoms with Crippen molar-refractivity contribution in [2.45, 2.75) is 31.6 Å². The van der Waals surface area contributed by atoms with E-state index in [1.54, 1.807) is 37.9 Å². The molecule has 2 heterocycles. The summed E-state index contributed by atoms with van der Waals surface area (Å²) < 4.78 is 5.55. The monoisotopic (exact) mass is 435 g/mol. The summed E-state index contributed by atoms with van der Waals surface area (Å²) >= 11 is 1.74. The summed E-state index contributed by atoms with van der Waals surface area (Å²) in [5.74, 6) is 1.14. The molecule has 0 radical (unpaired) electrons. The van der Waals surface area contributed by atoms with E-state index >= 15 is 0 Å². The first-order valence-corrected chi connectivity index (χ1v) is 11.5. The molecule has 9 heteroatoms. The molecule has 0 aliphatic carbocycles. The van der Waals surface area contributed by atoms with E-state index in [-0.39, 0.29) is 35.6 Å². The van der Waals surface area contributed by atoms with Gasteiger partial charge in [-0.05, 0) is 19.2 Å². The molecule has 4 unspecified atom stereocenters. The second-order valence-electron chi connectivity index (χ2n) is 7.59. The summed E-state index contributed by atoms with van der Waals surface area (Å²) in [6.07, 6.45) is -0.622. The Morgan fingerprint density at radius 3 is 2.50 bits per heavy atom. The zero-order chi connectivity index (χ0) is 21.8. The molecule has 1 aromatic rings. The van der Waals surface area contributed by atoms with Crippen molar-refractivity contribution in [3.8, 4) is 5.75 Å². The van der Waals surface area contributed by atoms with Crippen molar-refractivity contribution in [2.75, 3.05) is 46.6 Å². The molecule has 0 spiro atoms. The molecule has 166 valence electrons. The highest BCUT2D eigenvalue weighted by Crippen LogP contribution is 2.36. The van der Waals surface area contributed by atoms with Crippen molar-refractivity contribution >= 4 is 23.7 Å². The molecule has 30 heavy (non-hydrogen) atoms. The first-order valence-electron chi connectivity index (χ1n) is 10.5. The Labute approximate surface area is 183 Å². The largest absolute Gasteiger partial charge is 0.496 e. The number of nitrogens with zero attached hydrogens (tertiary/aromatic N) is 3. The van der Waals surface area contributed by atoms with Gasteiger partial charge in [-0.25, -0.2) is 4.79 Å². The second-order valence-corrected chi connectivity index (χ2v) is 8.84. The SMILES string of the molecule is CCN(CC)CCSC1NC(c2ccccc2OC)NC2C1C(=O)N(C)C(=O)N2C. The number of imide groups is 1. The van der Waals surface area contributed by atoms with Crippen molar-refractivity contribution in [2.24, 2.45) is 5.92 Å². The molecule has 0 bridgehead atoms. The number of amides is 3. The summed E-state index contributed by atoms with van der Waals surface area (Å²) in [7, 11) is 4.95. The van der Waals surface area contributed by atoms with Crippen LogP contribution in [0.3, 0.4) is 0 Å². The van der Waals surface area contributed by atoms with Crippen LogP contribution in [0.2, 0.25) is 0 Å². The maximum atomic E-state index is 13.1. The first kappa shape index (κ1) is 22.9. The minimum atomic E-state index is -0.386. The zero-order valence-corrected chi connectivity index (χ0v) is 19.2. The van der Waals surface area contributed by atoms with E-state index in [4.69, 9.17) is 4.74 Å². The first-order chi connectivity index (χ1) is 14.4. The van der Waals surface area contributed by atoms with Gasteiger partial charge in [0.15, 0.2) is 0 Å². The molecule has 3 rings (SSSR count). The molecule has 8 nitrogen and oxygen atoms in total. The number of rotatable bonds is 8. The highest BCUT2D eigenvalue weighted by Gasteiger charge is 2.51. The molecule has 0 aromatic heterocycles. The number of benzene rings is 1. The van der Waals surface area contributed by atoms with Crippen LogP contribution in [0, 0.1) is 5.92 Å². The number of carbonyl (C=O) groups is 2. The predicted octanol–water partition coefficient (Wildman–Crippen LogP) is 1.75. The lowest BCUT2D eigenvalue weighted by Crippen LogP contribution is -2.72. The maximum absolute atomic E-state index is 13.1. The standard InChI is InChI=1S/C21H33N5O3S/c1-6-26(7-2)12-13-30-19-16-18(24(3)21(28)25(4)20(16)27)22-17(23-19)14-10-8-9-11-15(14)29-5/h8-11,16-19,22-23H,6-7,12-13H2,1-5H3. The van der Waals surface area contributed by atoms with E-state index in [2.05, 4.69) is 29.4 Å². The van der Waals surface area contributed by atoms with Crippen LogP contribution in [0.5, 0.6) is 5.75 Å². The Balaban J connectivity index is 1.86. The molecule has 2 N–H and O–H groups in total. The number of nitrogens with one attached hydrogen (secondary N) is 2. The number of methoxy groups -OCH3 is 1. The fraction of sp³-hybridized carbons (Fsp3) is 0.619. The quantitative estimate of drug-likeness (QED) is 0.644. The highest BCUT2D eigenvalue weighted by atomic mass is 32.2. The van der Waals surface area contributed by atoms with E-state index in [9.17, 15) is 9.59 Å². The summed E-state index contributed by atoms with van der Waals surface area (Å²) in [6.45, 7) is 7.28. The lowest BCUT2D eigenvalue weighted by molar-refractivity contribution is -0.140. The lowest BCUT2D eigenvalue weighted by Gasteiger charge is -2.50. The highest BCUT2D eigenvalue weighted by molar-refractivity contribution is 7.99. The second kappa shape index (κ2) is 10.00. The third kappa shape index (κ3) is 4.44. The van der Waals surface area contributed by atoms with Gasteiger partial charge in [-0.1, -0.05) is 32.0 Å². The van der Waals surface area contributed by atoms with Gasteiger partial charge in [0.05, 0.1) is 30.7 Å². The molecule has 2 saturated heterocycles. The normalized spacial score (nSPS) is 26.9. The summed E-state index contributed by atoms with van der Waals surface area (Å²) in [5, 5.41) is 6.95. The Morgan fingerprint density at radius 1 is 1.13 bits per heavy atom. The number of hydrogen-bond acceptors (Lipinski definition) is 7. The number of hydrogen-bond donors (Lipinski definition) is 2. The predicted molar refractivity (Wildman–Crippen MR) is 119 cm³/mol. The number of carbonyl (C=O) groups excluding carboxylic acids is 2. The summed E-state index contributed by atoms with van der Waals surface area (Å²) in [6, 6.07) is 7.52. The maximum Gasteiger partial charge on any atom is 0.327 e. The molecular formula is C21H33N5O3S. The average Bonchev–Trinajstić information content (AvgIpc) is 2.78. The van der Waals surface area contributed by atoms with E-state index in [1.807, 2.05) is 24.3 Å². The van der Waals surface area contributed by atoms with E-state index in [0.717, 1.165) is 36.7 Å². The van der Waals surface area contributed by atoms with Crippen LogP contribution in [0.15, 0.2) is 24.3 Å². The van der Waals surface area contributed by atoms with Crippen LogP contribution >= 0.6 is 11.8 Å². The minimum absolute atomic E-state index is 0.132. The van der Waals surface area contributed by atoms with Gasteiger partial charge >= 0.3 is 6.03 Å². The van der Waals surface area contributed by atoms with Gasteiger partial charge in [0.1, 0.15) is 5.75 Å². The van der Waals surface area contributed by atoms with Crippen molar-refractivity contribution in [1.82, 2.24) is 25.3 Å². The fourth-order valence-electron chi connectivity index (χ4n) is 4.13. The van der Waals surface area contributed by atoms with Crippen LogP contribution in [0.1, 0.15) is 25.6 Å². The molecule has 2 aliphatic rings. The minimum Gasteiger partial charge on any atom is -0.496 e. The van der Waals surface area contributed by atoms with Crippen molar-refractivity contribution in [1.29, 1.82) is 0 Å². The van der Waals surface area contributed by atoms with Crippen molar-refractivity contribution in [3.63, 3.8) is 0 Å². The Hall–Kier alpha value is -1.81. The Kier molecular flexibility index (Phi) is 7.62. The third-order valence-corrected chi connectivity index (χ3v) is 7.21. The smallest absolute Gasteiger partial charge is 0.327 e. The summed E-state index contributed by atoms with van der Waals surface area (Å²) in [4.78, 5) is 30.9. The molecular weight excluding hydrogens is 402 g/mol. The van der Waals surface area contributed by atoms with Crippen LogP contribution in [-0.2, 0) is 4.79 Å². The van der Waals surface area contributed by atoms with E-state index in [0.29, 0.717) is 0 Å². The topological polar surface area (TPSA) is 77.1 Å². The lowest BCUT2D eigenvalue weighted by atomic mass is 9.95. The number of thioether (sulfide) groups is 1. The molecule has 4 atom stereocenters. The van der Waals surface area contributed by atoms with E-state index < -0.39 is 0 Å². The van der Waals surface area contributed by atoms with Crippen LogP contribution in [0.25, 0.3) is 0 Å². The molecule has 2 aliphatic heterocycles. The van der Waals surface area contributed by atoms with Gasteiger partial charge in [-0.3, -0.25) is 20.3 Å². The van der Waals surface area contributed by atoms with Gasteiger partial charge in [0, 0.05) is 32.0 Å². The van der Waals surface area contributed by atoms with E-state index in [1.165, 1.54) is 4.90 Å². The fourth-order valence-corrected chi connectivity index (χ4v) is 5.45. The van der Waals surface area contributed by atoms with Gasteiger partial charge in [0.2, 0.25) is 5.91 Å². The van der Waals surface area contributed by atoms with Gasteiger partial charge in [-0.15, -0.1) is 11.8 Å². The molecule has 3 amide bonds. The molecule has 0 saturated carbocycles. The average molecular weight is 436 g/mol. The van der Waals surface area contributed by atoms with Crippen molar-refractivity contribution < 1.29 is 14.3 Å². The molecule has 1 aromatic carbocycles. The third-order valence-electron chi connectivity index (χ3n) is 6.01. The Morgan fingerprint density at radius 2 is 1.83 bits per heavy atom. The van der Waals surface area contributed by atoms with Crippen LogP contribution < -0.4 is 15.4 Å². The number of ether oxygens (including phenoxy) is 1. The summed E-state index contributed by atoms with van der Waals surface area (Å²) in [5.41, 5.74) is 0.958. The van der Waals surface area contributed by atoms with Crippen molar-refractivity contribution in [3.05, 3.63) is 29.8 Å².